The van der Waals surface area contributed by atoms with Gasteiger partial charge in [-0.05, 0) is 36.3 Å². The number of rotatable bonds is 7. The molecule has 0 bridgehead atoms. The molecule has 0 radical (unpaired) electrons. The van der Waals surface area contributed by atoms with Gasteiger partial charge in [0.15, 0.2) is 0 Å². The van der Waals surface area contributed by atoms with Crippen molar-refractivity contribution in [2.24, 2.45) is 5.73 Å². The van der Waals surface area contributed by atoms with E-state index in [-0.39, 0.29) is 18.8 Å². The summed E-state index contributed by atoms with van der Waals surface area (Å²) >= 11 is 0. The highest BCUT2D eigenvalue weighted by Gasteiger charge is 2.22. The minimum Gasteiger partial charge on any atom is -0.491 e. The number of benzene rings is 1. The number of aliphatic hydroxyl groups is 1. The zero-order valence-corrected chi connectivity index (χ0v) is 13.7. The van der Waals surface area contributed by atoms with Gasteiger partial charge in [-0.1, -0.05) is 18.7 Å². The fourth-order valence-corrected chi connectivity index (χ4v) is 2.24. The van der Waals surface area contributed by atoms with Crippen molar-refractivity contribution in [2.75, 3.05) is 26.4 Å². The molecule has 1 heterocycles. The van der Waals surface area contributed by atoms with Gasteiger partial charge < -0.3 is 25.1 Å². The van der Waals surface area contributed by atoms with Gasteiger partial charge in [-0.25, -0.2) is 0 Å². The Bertz CT molecular complexity index is 608. The fourth-order valence-electron chi connectivity index (χ4n) is 2.24. The maximum atomic E-state index is 11.1. The third-order valence-electron chi connectivity index (χ3n) is 3.64. The summed E-state index contributed by atoms with van der Waals surface area (Å²) in [6.07, 6.45) is 1.16. The van der Waals surface area contributed by atoms with Crippen LogP contribution in [0.25, 0.3) is 5.57 Å². The molecule has 1 aromatic carbocycles. The number of hydrogen-bond donors (Lipinski definition) is 2. The molecule has 1 fully saturated rings. The lowest BCUT2D eigenvalue weighted by Crippen LogP contribution is -2.41. The second-order valence-electron chi connectivity index (χ2n) is 5.65. The monoisotopic (exact) mass is 333 g/mol. The minimum atomic E-state index is -0.466. The number of amides is 1. The number of ether oxygens (including phenoxy) is 3. The highest BCUT2D eigenvalue weighted by molar-refractivity contribution is 5.94. The molecule has 1 saturated heterocycles. The van der Waals surface area contributed by atoms with Gasteiger partial charge in [0.05, 0.1) is 19.8 Å². The fraction of sp³-hybridized carbons (Fsp3) is 0.389. The SMILES string of the molecule is C=C(/C=C(\C)C(N)=O)c1ccc(OCC2COCC(CO)O2)cc1. The van der Waals surface area contributed by atoms with Gasteiger partial charge in [-0.2, -0.15) is 0 Å². The van der Waals surface area contributed by atoms with Crippen molar-refractivity contribution in [3.8, 4) is 5.75 Å². The Labute approximate surface area is 141 Å². The molecule has 3 N–H and O–H groups in total. The number of hydrogen-bond acceptors (Lipinski definition) is 5. The predicted octanol–water partition coefficient (Wildman–Crippen LogP) is 1.29. The Hall–Kier alpha value is -2.15. The Morgan fingerprint density at radius 1 is 1.38 bits per heavy atom. The first kappa shape index (κ1) is 18.2. The highest BCUT2D eigenvalue weighted by atomic mass is 16.6. The van der Waals surface area contributed by atoms with Crippen LogP contribution in [-0.2, 0) is 14.3 Å². The van der Waals surface area contributed by atoms with E-state index in [2.05, 4.69) is 6.58 Å². The van der Waals surface area contributed by atoms with Crippen LogP contribution >= 0.6 is 0 Å². The molecular weight excluding hydrogens is 310 g/mol. The van der Waals surface area contributed by atoms with Gasteiger partial charge >= 0.3 is 0 Å². The quantitative estimate of drug-likeness (QED) is 0.579. The molecule has 0 saturated carbocycles. The highest BCUT2D eigenvalue weighted by Crippen LogP contribution is 2.20. The Kier molecular flexibility index (Phi) is 6.54. The number of primary amides is 1. The van der Waals surface area contributed by atoms with Crippen molar-refractivity contribution in [1.29, 1.82) is 0 Å². The van der Waals surface area contributed by atoms with E-state index in [1.807, 2.05) is 24.3 Å². The van der Waals surface area contributed by atoms with E-state index in [1.54, 1.807) is 13.0 Å². The van der Waals surface area contributed by atoms with Crippen molar-refractivity contribution >= 4 is 11.5 Å². The molecule has 2 atom stereocenters. The van der Waals surface area contributed by atoms with Crippen molar-refractivity contribution in [3.63, 3.8) is 0 Å². The van der Waals surface area contributed by atoms with Crippen LogP contribution in [0.15, 0.2) is 42.5 Å². The van der Waals surface area contributed by atoms with Crippen LogP contribution in [0.3, 0.4) is 0 Å². The average molecular weight is 333 g/mol. The molecule has 0 aliphatic carbocycles. The Balaban J connectivity index is 1.89. The lowest BCUT2D eigenvalue weighted by atomic mass is 10.0. The molecule has 6 heteroatoms. The van der Waals surface area contributed by atoms with Crippen molar-refractivity contribution in [1.82, 2.24) is 0 Å². The molecule has 1 amide bonds. The molecule has 2 rings (SSSR count). The largest absolute Gasteiger partial charge is 0.491 e. The van der Waals surface area contributed by atoms with Crippen LogP contribution in [0.1, 0.15) is 12.5 Å². The van der Waals surface area contributed by atoms with Crippen LogP contribution in [0.5, 0.6) is 5.75 Å². The molecular formula is C18H23NO5. The molecule has 1 aliphatic heterocycles. The van der Waals surface area contributed by atoms with E-state index in [9.17, 15) is 4.79 Å². The van der Waals surface area contributed by atoms with E-state index in [0.717, 1.165) is 5.56 Å². The summed E-state index contributed by atoms with van der Waals surface area (Å²) in [6.45, 7) is 6.71. The van der Waals surface area contributed by atoms with Crippen LogP contribution < -0.4 is 10.5 Å². The van der Waals surface area contributed by atoms with Crippen LogP contribution in [0.4, 0.5) is 0 Å². The minimum absolute atomic E-state index is 0.0639. The zero-order chi connectivity index (χ0) is 17.5. The molecule has 24 heavy (non-hydrogen) atoms. The summed E-state index contributed by atoms with van der Waals surface area (Å²) in [5, 5.41) is 9.09. The van der Waals surface area contributed by atoms with Crippen molar-refractivity contribution < 1.29 is 24.1 Å². The number of aliphatic hydroxyl groups excluding tert-OH is 1. The van der Waals surface area contributed by atoms with Crippen LogP contribution in [0, 0.1) is 0 Å². The molecule has 0 aromatic heterocycles. The van der Waals surface area contributed by atoms with Gasteiger partial charge in [-0.15, -0.1) is 0 Å². The first-order chi connectivity index (χ1) is 11.5. The maximum Gasteiger partial charge on any atom is 0.244 e. The predicted molar refractivity (Wildman–Crippen MR) is 90.5 cm³/mol. The molecule has 1 aromatic rings. The average Bonchev–Trinajstić information content (AvgIpc) is 2.60. The van der Waals surface area contributed by atoms with E-state index in [1.165, 1.54) is 0 Å². The first-order valence-corrected chi connectivity index (χ1v) is 7.74. The summed E-state index contributed by atoms with van der Waals surface area (Å²) in [5.74, 6) is 0.226. The van der Waals surface area contributed by atoms with Crippen molar-refractivity contribution in [2.45, 2.75) is 19.1 Å². The Morgan fingerprint density at radius 2 is 2.04 bits per heavy atom. The van der Waals surface area contributed by atoms with Crippen LogP contribution in [-0.4, -0.2) is 49.6 Å². The topological polar surface area (TPSA) is 91.0 Å². The third-order valence-corrected chi connectivity index (χ3v) is 3.64. The summed E-state index contributed by atoms with van der Waals surface area (Å²) in [7, 11) is 0. The molecule has 1 aliphatic rings. The number of nitrogens with two attached hydrogens (primary N) is 1. The smallest absolute Gasteiger partial charge is 0.244 e. The zero-order valence-electron chi connectivity index (χ0n) is 13.7. The van der Waals surface area contributed by atoms with Gasteiger partial charge in [-0.3, -0.25) is 4.79 Å². The number of carbonyl (C=O) groups excluding carboxylic acids is 1. The van der Waals surface area contributed by atoms with Crippen LogP contribution in [0.2, 0.25) is 0 Å². The van der Waals surface area contributed by atoms with Gasteiger partial charge in [0.25, 0.3) is 0 Å². The summed E-state index contributed by atoms with van der Waals surface area (Å²) in [6, 6.07) is 7.36. The second-order valence-corrected chi connectivity index (χ2v) is 5.65. The van der Waals surface area contributed by atoms with E-state index in [0.29, 0.717) is 36.7 Å². The molecule has 2 unspecified atom stereocenters. The number of allylic oxidation sites excluding steroid dienone is 2. The third kappa shape index (κ3) is 5.19. The molecule has 0 spiro atoms. The van der Waals surface area contributed by atoms with Gasteiger partial charge in [0, 0.05) is 5.57 Å². The lowest BCUT2D eigenvalue weighted by Gasteiger charge is -2.28. The van der Waals surface area contributed by atoms with Crippen molar-refractivity contribution in [3.05, 3.63) is 48.1 Å². The molecule has 130 valence electrons. The van der Waals surface area contributed by atoms with Gasteiger partial charge in [0.1, 0.15) is 24.6 Å². The summed E-state index contributed by atoms with van der Waals surface area (Å²) in [4.78, 5) is 11.1. The summed E-state index contributed by atoms with van der Waals surface area (Å²) < 4.78 is 16.7. The van der Waals surface area contributed by atoms with E-state index < -0.39 is 5.91 Å². The lowest BCUT2D eigenvalue weighted by molar-refractivity contribution is -0.158. The standard InChI is InChI=1S/C18H23NO5/c1-12(7-13(2)18(19)21)14-3-5-15(6-4-14)23-11-17-10-22-9-16(8-20)24-17/h3-7,16-17,20H,1,8-11H2,2H3,(H2,19,21)/b13-7+. The van der Waals surface area contributed by atoms with E-state index in [4.69, 9.17) is 25.1 Å². The number of carbonyl (C=O) groups is 1. The maximum absolute atomic E-state index is 11.1. The normalized spacial score (nSPS) is 21.3. The Morgan fingerprint density at radius 3 is 2.67 bits per heavy atom. The first-order valence-electron chi connectivity index (χ1n) is 7.74. The molecule has 6 nitrogen and oxygen atoms in total. The van der Waals surface area contributed by atoms with Gasteiger partial charge in [0.2, 0.25) is 5.91 Å². The summed E-state index contributed by atoms with van der Waals surface area (Å²) in [5.41, 5.74) is 7.24. The van der Waals surface area contributed by atoms with E-state index >= 15 is 0 Å². The second kappa shape index (κ2) is 8.63.